The molecule has 3 saturated heterocycles. The Morgan fingerprint density at radius 3 is 1.94 bits per heavy atom. The Morgan fingerprint density at radius 2 is 1.31 bits per heavy atom. The molecular weight excluding hydrogens is 1740 g/mol. The van der Waals surface area contributed by atoms with Gasteiger partial charge in [-0.05, 0) is 193 Å². The van der Waals surface area contributed by atoms with Gasteiger partial charge in [-0.2, -0.15) is 8.75 Å². The summed E-state index contributed by atoms with van der Waals surface area (Å²) in [5, 5.41) is 25.4. The first-order chi connectivity index (χ1) is 59.7. The van der Waals surface area contributed by atoms with E-state index in [9.17, 15) is 51.0 Å². The minimum absolute atomic E-state index is 0.00401. The molecule has 0 unspecified atom stereocenters. The second kappa shape index (κ2) is 43.4. The summed E-state index contributed by atoms with van der Waals surface area (Å²) >= 11 is 10.6. The van der Waals surface area contributed by atoms with Crippen LogP contribution < -0.4 is 63.2 Å². The highest BCUT2D eigenvalue weighted by molar-refractivity contribution is 8.18. The van der Waals surface area contributed by atoms with Crippen LogP contribution in [-0.2, 0) is 16.0 Å². The third-order valence-corrected chi connectivity index (χ3v) is 25.2. The van der Waals surface area contributed by atoms with Crippen molar-refractivity contribution in [3.63, 3.8) is 0 Å². The number of carbonyl (C=O) groups excluding carboxylic acids is 5. The molecule has 3 fully saturated rings. The molecule has 40 heteroatoms. The molecule has 124 heavy (non-hydrogen) atoms. The van der Waals surface area contributed by atoms with Crippen LogP contribution in [0.4, 0.5) is 71.5 Å². The van der Waals surface area contributed by atoms with Crippen molar-refractivity contribution in [2.24, 2.45) is 11.7 Å². The fourth-order valence-electron chi connectivity index (χ4n) is 13.3. The van der Waals surface area contributed by atoms with E-state index in [4.69, 9.17) is 31.3 Å². The highest BCUT2D eigenvalue weighted by Gasteiger charge is 2.31. The standard InChI is InChI=1S/C25H25N5O3S.C20H22F2N4O3S2.C20H21FN6OS2.C19H21F2N5OS2/c1-29(23-6-2-4-19(28-23)21-5-3-13-33-21)16-17-8-11-30(12-9-17)25-26-10-7-18(27-25)14-22-20(31)15-24(32)34-22;1-20(2,28)8-5-9-29-19-13(10-24-31-19)25-16(27)15-18(23-3)30-17(26-15)14-11(21)6-4-7-12(14)22;21-12-4-1-5-15(29)16(12)20-26-17(18(23)30-20)19(28)25-13-9-24-7-6-14(13)27-8-2-3-11(22)10-27;1-23-9-4-2-3-8-14-13(10-24-29-14)25-18(27)16-17(22)28-19(26-16)15-11(20)6-5-7-12(15)21/h2-7,10,13-14,17H,8-9,11-12,15-16H2,1H3;4,6-7,10,23,28H,5,8-9H2,1-3H3,(H,25,27);1,4-7,9,11,29H,2-3,8,10,22-23H2,(H,25,28);5-7,10,23H,2-4,8-9,22H2,1H3,(H,25,27)/b22-14-;;;/t;;11-;/m..0./s1. The number of aromatic nitrogens is 9. The number of nitrogen functional groups attached to an aromatic ring is 2. The second-order valence-corrected chi connectivity index (χ2v) is 35.5. The van der Waals surface area contributed by atoms with Crippen molar-refractivity contribution in [1.29, 1.82) is 0 Å². The minimum Gasteiger partial charge on any atom is -0.481 e. The number of anilines is 9. The maximum atomic E-state index is 14.3. The number of ether oxygens (including phenoxy) is 1. The van der Waals surface area contributed by atoms with Gasteiger partial charge in [0.25, 0.3) is 17.7 Å². The molecule has 0 aliphatic carbocycles. The number of thioether (sulfide) groups is 1. The molecule has 12 aromatic rings. The summed E-state index contributed by atoms with van der Waals surface area (Å²) < 4.78 is 89.9. The normalized spacial score (nSPS) is 14.4. The molecule has 0 bridgehead atoms. The predicted octanol–water partition coefficient (Wildman–Crippen LogP) is 16.5. The number of piperidine rings is 2. The number of carbonyl (C=O) groups is 5. The molecule has 9 aromatic heterocycles. The lowest BCUT2D eigenvalue weighted by Gasteiger charge is -2.34. The molecular formula is C84H89F5N20O8S7. The van der Waals surface area contributed by atoms with Gasteiger partial charge in [-0.1, -0.05) is 64.7 Å². The maximum absolute atomic E-state index is 14.3. The number of amides is 3. The number of hydrogen-bond acceptors (Lipinski definition) is 32. The van der Waals surface area contributed by atoms with E-state index in [2.05, 4.69) is 99.6 Å². The smallest absolute Gasteiger partial charge is 0.277 e. The Hall–Kier alpha value is -11.2. The van der Waals surface area contributed by atoms with Crippen molar-refractivity contribution in [2.45, 2.75) is 101 Å². The Kier molecular flexibility index (Phi) is 32.2. The molecule has 15 rings (SSSR count). The lowest BCUT2D eigenvalue weighted by molar-refractivity contribution is -0.119. The molecule has 650 valence electrons. The minimum atomic E-state index is -0.780. The molecule has 3 aromatic carbocycles. The Morgan fingerprint density at radius 1 is 0.685 bits per heavy atom. The topological polar surface area (TPSA) is 392 Å². The van der Waals surface area contributed by atoms with Crippen LogP contribution >= 0.6 is 81.5 Å². The number of furan rings is 1. The van der Waals surface area contributed by atoms with E-state index < -0.39 is 52.4 Å². The van der Waals surface area contributed by atoms with E-state index in [0.717, 1.165) is 193 Å². The van der Waals surface area contributed by atoms with Gasteiger partial charge >= 0.3 is 0 Å². The number of pyridine rings is 2. The summed E-state index contributed by atoms with van der Waals surface area (Å²) in [6.07, 6.45) is 20.5. The van der Waals surface area contributed by atoms with E-state index in [-0.39, 0.29) is 77.2 Å². The zero-order valence-electron chi connectivity index (χ0n) is 67.9. The van der Waals surface area contributed by atoms with E-state index in [1.165, 1.54) is 35.9 Å². The quantitative estimate of drug-likeness (QED) is 0.00716. The molecule has 28 nitrogen and oxygen atoms in total. The number of nitrogens with one attached hydrogen (secondary N) is 5. The van der Waals surface area contributed by atoms with Crippen LogP contribution in [0.15, 0.2) is 149 Å². The Bertz CT molecular complexity index is 5680. The van der Waals surface area contributed by atoms with E-state index in [1.807, 2.05) is 43.4 Å². The number of nitrogens with two attached hydrogens (primary N) is 3. The summed E-state index contributed by atoms with van der Waals surface area (Å²) in [6.45, 7) is 8.97. The fraction of sp³-hybridized carbons (Fsp3) is 0.310. The molecule has 12 N–H and O–H groups in total. The number of nitrogens with zero attached hydrogens (tertiary/aromatic N) is 12. The first-order valence-electron chi connectivity index (χ1n) is 39.3. The average molecular weight is 1830 g/mol. The van der Waals surface area contributed by atoms with Crippen molar-refractivity contribution in [2.75, 3.05) is 114 Å². The molecule has 3 amide bonds. The molecule has 12 heterocycles. The lowest BCUT2D eigenvalue weighted by atomic mass is 9.96. The van der Waals surface area contributed by atoms with Gasteiger partial charge in [0, 0.05) is 86.6 Å². The number of ketones is 1. The molecule has 3 aliphatic rings. The van der Waals surface area contributed by atoms with Gasteiger partial charge < -0.3 is 72.7 Å². The van der Waals surface area contributed by atoms with Crippen molar-refractivity contribution in [3.8, 4) is 48.2 Å². The number of allylic oxidation sites excluding steroid dienone is 1. The zero-order chi connectivity index (χ0) is 88.1. The Balaban J connectivity index is 0.000000151. The highest BCUT2D eigenvalue weighted by atomic mass is 32.2. The summed E-state index contributed by atoms with van der Waals surface area (Å²) in [4.78, 5) is 101. The van der Waals surface area contributed by atoms with Crippen molar-refractivity contribution < 1.29 is 60.2 Å². The predicted molar refractivity (Wildman–Crippen MR) is 485 cm³/mol. The van der Waals surface area contributed by atoms with Crippen LogP contribution in [0.1, 0.15) is 120 Å². The zero-order valence-corrected chi connectivity index (χ0v) is 73.6. The van der Waals surface area contributed by atoms with E-state index in [1.54, 1.807) is 76.2 Å². The molecule has 0 saturated carbocycles. The van der Waals surface area contributed by atoms with Gasteiger partial charge in [-0.3, -0.25) is 29.0 Å². The molecule has 3 aliphatic heterocycles. The summed E-state index contributed by atoms with van der Waals surface area (Å²) in [5.41, 5.74) is 20.8. The van der Waals surface area contributed by atoms with Crippen molar-refractivity contribution in [3.05, 3.63) is 196 Å². The van der Waals surface area contributed by atoms with Crippen LogP contribution in [0.25, 0.3) is 49.2 Å². The third kappa shape index (κ3) is 24.4. The van der Waals surface area contributed by atoms with Gasteiger partial charge in [0.15, 0.2) is 28.6 Å². The van der Waals surface area contributed by atoms with Crippen LogP contribution in [0, 0.1) is 35.0 Å². The highest BCUT2D eigenvalue weighted by Crippen LogP contribution is 2.41. The summed E-state index contributed by atoms with van der Waals surface area (Å²) in [6, 6.07) is 25.1. The average Bonchev–Trinajstić information content (AvgIpc) is 1.67. The van der Waals surface area contributed by atoms with Gasteiger partial charge in [0.05, 0.1) is 87.8 Å². The summed E-state index contributed by atoms with van der Waals surface area (Å²) in [7, 11) is 5.59. The van der Waals surface area contributed by atoms with Gasteiger partial charge in [-0.25, -0.2) is 51.9 Å². The monoisotopic (exact) mass is 1820 g/mol. The van der Waals surface area contributed by atoms with Gasteiger partial charge in [0.2, 0.25) is 16.1 Å². The number of halogens is 5. The number of hydrogen-bond donors (Lipinski definition) is 10. The number of thiol groups is 1. The summed E-state index contributed by atoms with van der Waals surface area (Å²) in [5.74, 6) is -2.31. The second-order valence-electron chi connectivity index (χ2n) is 29.2. The van der Waals surface area contributed by atoms with Crippen LogP contribution in [0.2, 0.25) is 0 Å². The van der Waals surface area contributed by atoms with Gasteiger partial charge in [-0.15, -0.1) is 12.6 Å². The van der Waals surface area contributed by atoms with Crippen molar-refractivity contribution >= 4 is 166 Å². The van der Waals surface area contributed by atoms with Crippen LogP contribution in [0.3, 0.4) is 0 Å². The largest absolute Gasteiger partial charge is 0.481 e. The van der Waals surface area contributed by atoms with Crippen LogP contribution in [0.5, 0.6) is 5.06 Å². The number of unbranched alkanes of at least 4 members (excludes halogenated alkanes) is 2. The van der Waals surface area contributed by atoms with Gasteiger partial charge in [0.1, 0.15) is 76.3 Å². The van der Waals surface area contributed by atoms with E-state index in [0.29, 0.717) is 85.5 Å². The lowest BCUT2D eigenvalue weighted by Crippen LogP contribution is -2.43. The molecule has 1 atom stereocenters. The van der Waals surface area contributed by atoms with Crippen LogP contribution in [-0.4, -0.2) is 156 Å². The molecule has 0 spiro atoms. The third-order valence-electron chi connectivity index (χ3n) is 19.5. The first-order valence-corrected chi connectivity index (χ1v) is 44.6. The number of benzene rings is 3. The van der Waals surface area contributed by atoms with Crippen molar-refractivity contribution in [1.82, 2.24) is 49.0 Å². The van der Waals surface area contributed by atoms with E-state index >= 15 is 0 Å². The first kappa shape index (κ1) is 92.0. The fourth-order valence-corrected chi connectivity index (χ4v) is 18.5. The number of aryl methyl sites for hydroxylation is 1. The molecule has 0 radical (unpaired) electrons. The number of rotatable bonds is 28. The SMILES string of the molecule is CN(CC1CCN(c2nccc(/C=C3\SC(=O)CC3=O)n2)CC1)c1cccc(-c2ccco2)n1.CNCCCCCc1sncc1NC(=O)c1nc(-c2c(F)cccc2F)sc1N.CNc1sc(-c2c(F)cccc2F)nc1C(=O)Nc1cnsc1OCCCC(C)(C)O.Nc1sc(-c2c(F)cccc2S)nc1C(=O)Nc1cnccc1N1CCC[C@H](N)C1. The number of thiazole rings is 3. The number of Topliss-reactive ketones (excluding diaryl/α,β-unsaturated/α-hetero) is 1. The number of aliphatic hydroxyl groups is 1. The Labute approximate surface area is 741 Å². The maximum Gasteiger partial charge on any atom is 0.277 e.